The van der Waals surface area contributed by atoms with Gasteiger partial charge in [0.2, 0.25) is 5.91 Å². The van der Waals surface area contributed by atoms with Crippen molar-refractivity contribution in [1.82, 2.24) is 10.6 Å². The first-order chi connectivity index (χ1) is 24.7. The highest BCUT2D eigenvalue weighted by atomic mass is 32.2. The van der Waals surface area contributed by atoms with Crippen LogP contribution in [-0.4, -0.2) is 37.0 Å². The zero-order chi connectivity index (χ0) is 34.3. The Hall–Kier alpha value is -4.55. The van der Waals surface area contributed by atoms with E-state index in [0.29, 0.717) is 13.1 Å². The monoisotopic (exact) mass is 692 g/mol. The SMILES string of the molecule is O=C(CNCCCSC(c1ccccc1)(c1ccccc1)c1ccccc1)NCCSC(c1ccccc1)(c1ccccc1)c1ccccc1. The van der Waals surface area contributed by atoms with Gasteiger partial charge in [-0.25, -0.2) is 0 Å². The van der Waals surface area contributed by atoms with E-state index in [0.717, 1.165) is 24.5 Å². The Morgan fingerprint density at radius 1 is 0.420 bits per heavy atom. The highest BCUT2D eigenvalue weighted by Crippen LogP contribution is 2.49. The van der Waals surface area contributed by atoms with Crippen molar-refractivity contribution in [1.29, 1.82) is 0 Å². The van der Waals surface area contributed by atoms with E-state index in [2.05, 4.69) is 193 Å². The molecular formula is C45H44N2OS2. The molecule has 0 atom stereocenters. The minimum absolute atomic E-state index is 0.0233. The maximum Gasteiger partial charge on any atom is 0.233 e. The maximum atomic E-state index is 12.9. The summed E-state index contributed by atoms with van der Waals surface area (Å²) in [5, 5.41) is 6.56. The lowest BCUT2D eigenvalue weighted by molar-refractivity contribution is -0.120. The lowest BCUT2D eigenvalue weighted by Crippen LogP contribution is -2.36. The van der Waals surface area contributed by atoms with Gasteiger partial charge in [0.05, 0.1) is 16.0 Å². The summed E-state index contributed by atoms with van der Waals surface area (Å²) in [5.41, 5.74) is 7.48. The summed E-state index contributed by atoms with van der Waals surface area (Å²) in [6.45, 7) is 1.66. The summed E-state index contributed by atoms with van der Waals surface area (Å²) in [6, 6.07) is 64.4. The Morgan fingerprint density at radius 2 is 0.720 bits per heavy atom. The van der Waals surface area contributed by atoms with Crippen LogP contribution in [0.2, 0.25) is 0 Å². The molecule has 0 unspecified atom stereocenters. The molecule has 0 aromatic heterocycles. The molecule has 0 fully saturated rings. The molecule has 0 saturated heterocycles. The standard InChI is InChI=1S/C45H44N2OS2/c48-43(47-33-35-50-45(40-26-13-4-14-27-40,41-28-15-5-16-29-41)42-30-17-6-18-31-42)36-46-32-19-34-49-44(37-20-7-1-8-21-37,38-22-9-2-10-23-38)39-24-11-3-12-25-39/h1-18,20-31,46H,19,32-36H2,(H,47,48). The number of rotatable bonds is 17. The van der Waals surface area contributed by atoms with Gasteiger partial charge in [0, 0.05) is 12.3 Å². The summed E-state index contributed by atoms with van der Waals surface area (Å²) < 4.78 is -0.716. The Morgan fingerprint density at radius 3 is 1.04 bits per heavy atom. The minimum Gasteiger partial charge on any atom is -0.354 e. The molecule has 0 spiro atoms. The molecule has 0 aliphatic rings. The highest BCUT2D eigenvalue weighted by molar-refractivity contribution is 8.00. The third-order valence-corrected chi connectivity index (χ3v) is 12.1. The van der Waals surface area contributed by atoms with Crippen molar-refractivity contribution >= 4 is 29.4 Å². The van der Waals surface area contributed by atoms with E-state index >= 15 is 0 Å². The first-order valence-electron chi connectivity index (χ1n) is 17.3. The van der Waals surface area contributed by atoms with E-state index < -0.39 is 0 Å². The molecule has 0 bridgehead atoms. The third kappa shape index (κ3) is 8.24. The second kappa shape index (κ2) is 17.9. The van der Waals surface area contributed by atoms with Crippen LogP contribution in [0, 0.1) is 0 Å². The van der Waals surface area contributed by atoms with E-state index in [4.69, 9.17) is 0 Å². The number of carbonyl (C=O) groups is 1. The molecule has 0 radical (unpaired) electrons. The minimum atomic E-state index is -0.390. The van der Waals surface area contributed by atoms with Crippen LogP contribution in [0.25, 0.3) is 0 Å². The molecule has 6 aromatic rings. The Bertz CT molecular complexity index is 1660. The van der Waals surface area contributed by atoms with E-state index in [-0.39, 0.29) is 15.4 Å². The summed E-state index contributed by atoms with van der Waals surface area (Å²) in [4.78, 5) is 12.9. The molecule has 0 aliphatic heterocycles. The van der Waals surface area contributed by atoms with Gasteiger partial charge in [0.1, 0.15) is 0 Å². The highest BCUT2D eigenvalue weighted by Gasteiger charge is 2.37. The fraction of sp³-hybridized carbons (Fsp3) is 0.178. The van der Waals surface area contributed by atoms with Crippen LogP contribution < -0.4 is 10.6 Å². The zero-order valence-corrected chi connectivity index (χ0v) is 29.9. The maximum absolute atomic E-state index is 12.9. The van der Waals surface area contributed by atoms with E-state index in [9.17, 15) is 4.79 Å². The second-order valence-corrected chi connectivity index (χ2v) is 14.8. The van der Waals surface area contributed by atoms with Crippen molar-refractivity contribution in [2.75, 3.05) is 31.1 Å². The summed E-state index contributed by atoms with van der Waals surface area (Å²) in [7, 11) is 0. The van der Waals surface area contributed by atoms with Crippen molar-refractivity contribution in [3.8, 4) is 0 Å². The van der Waals surface area contributed by atoms with Crippen molar-refractivity contribution in [2.24, 2.45) is 0 Å². The topological polar surface area (TPSA) is 41.1 Å². The fourth-order valence-electron chi connectivity index (χ4n) is 6.62. The van der Waals surface area contributed by atoms with Crippen LogP contribution in [0.3, 0.4) is 0 Å². The largest absolute Gasteiger partial charge is 0.354 e. The molecule has 6 aromatic carbocycles. The number of thioether (sulfide) groups is 2. The first-order valence-corrected chi connectivity index (χ1v) is 19.3. The molecule has 0 saturated carbocycles. The van der Waals surface area contributed by atoms with Gasteiger partial charge in [-0.3, -0.25) is 4.79 Å². The van der Waals surface area contributed by atoms with Gasteiger partial charge in [-0.1, -0.05) is 182 Å². The molecule has 50 heavy (non-hydrogen) atoms. The first kappa shape index (κ1) is 35.3. The van der Waals surface area contributed by atoms with Crippen molar-refractivity contribution < 1.29 is 4.79 Å². The van der Waals surface area contributed by atoms with Crippen LogP contribution in [0.1, 0.15) is 39.8 Å². The van der Waals surface area contributed by atoms with Gasteiger partial charge in [0.15, 0.2) is 0 Å². The summed E-state index contributed by atoms with van der Waals surface area (Å²) in [6.07, 6.45) is 0.940. The number of benzene rings is 6. The van der Waals surface area contributed by atoms with Crippen LogP contribution in [0.4, 0.5) is 0 Å². The Balaban J connectivity index is 1.04. The van der Waals surface area contributed by atoms with E-state index in [1.165, 1.54) is 33.4 Å². The van der Waals surface area contributed by atoms with E-state index in [1.807, 2.05) is 23.5 Å². The molecule has 1 amide bonds. The van der Waals surface area contributed by atoms with Crippen LogP contribution >= 0.6 is 23.5 Å². The normalized spacial score (nSPS) is 11.6. The average molecular weight is 693 g/mol. The van der Waals surface area contributed by atoms with Crippen LogP contribution in [0.5, 0.6) is 0 Å². The summed E-state index contributed by atoms with van der Waals surface area (Å²) in [5.74, 6) is 1.72. The number of nitrogens with one attached hydrogen (secondary N) is 2. The van der Waals surface area contributed by atoms with E-state index in [1.54, 1.807) is 0 Å². The Labute approximate surface area is 306 Å². The van der Waals surface area contributed by atoms with Crippen molar-refractivity contribution in [2.45, 2.75) is 15.9 Å². The average Bonchev–Trinajstić information content (AvgIpc) is 3.20. The Kier molecular flexibility index (Phi) is 12.6. The molecular weight excluding hydrogens is 649 g/mol. The van der Waals surface area contributed by atoms with Gasteiger partial charge in [0.25, 0.3) is 0 Å². The quantitative estimate of drug-likeness (QED) is 0.0738. The molecule has 5 heteroatoms. The summed E-state index contributed by atoms with van der Waals surface area (Å²) >= 11 is 3.82. The van der Waals surface area contributed by atoms with Crippen molar-refractivity contribution in [3.63, 3.8) is 0 Å². The number of amides is 1. The number of carbonyl (C=O) groups excluding carboxylic acids is 1. The molecule has 0 heterocycles. The fourth-order valence-corrected chi connectivity index (χ4v) is 9.54. The molecule has 252 valence electrons. The van der Waals surface area contributed by atoms with Gasteiger partial charge in [-0.15, -0.1) is 23.5 Å². The number of hydrogen-bond acceptors (Lipinski definition) is 4. The van der Waals surface area contributed by atoms with Gasteiger partial charge in [-0.2, -0.15) is 0 Å². The van der Waals surface area contributed by atoms with Crippen LogP contribution in [-0.2, 0) is 14.3 Å². The number of hydrogen-bond donors (Lipinski definition) is 2. The van der Waals surface area contributed by atoms with Gasteiger partial charge < -0.3 is 10.6 Å². The zero-order valence-electron chi connectivity index (χ0n) is 28.3. The molecule has 6 rings (SSSR count). The van der Waals surface area contributed by atoms with Crippen molar-refractivity contribution in [3.05, 3.63) is 215 Å². The third-order valence-electron chi connectivity index (χ3n) is 8.93. The van der Waals surface area contributed by atoms with Gasteiger partial charge in [-0.05, 0) is 52.1 Å². The predicted octanol–water partition coefficient (Wildman–Crippen LogP) is 9.53. The predicted molar refractivity (Wildman–Crippen MR) is 214 cm³/mol. The smallest absolute Gasteiger partial charge is 0.233 e. The molecule has 3 nitrogen and oxygen atoms in total. The lowest BCUT2D eigenvalue weighted by Gasteiger charge is -2.35. The second-order valence-electron chi connectivity index (χ2n) is 12.1. The van der Waals surface area contributed by atoms with Gasteiger partial charge >= 0.3 is 0 Å². The van der Waals surface area contributed by atoms with Crippen LogP contribution in [0.15, 0.2) is 182 Å². The molecule has 0 aliphatic carbocycles. The molecule has 2 N–H and O–H groups in total. The lowest BCUT2D eigenvalue weighted by atomic mass is 9.84.